The zero-order valence-corrected chi connectivity index (χ0v) is 20.9. The fourth-order valence-electron chi connectivity index (χ4n) is 3.46. The number of carbonyl (C=O) groups is 2. The van der Waals surface area contributed by atoms with Crippen LogP contribution in [0, 0.1) is 20.8 Å². The third kappa shape index (κ3) is 6.36. The Balaban J connectivity index is 1.71. The van der Waals surface area contributed by atoms with Gasteiger partial charge in [0.1, 0.15) is 16.3 Å². The summed E-state index contributed by atoms with van der Waals surface area (Å²) in [4.78, 5) is 26.3. The summed E-state index contributed by atoms with van der Waals surface area (Å²) < 4.78 is 11.1. The lowest BCUT2D eigenvalue weighted by molar-refractivity contribution is -0.116. The van der Waals surface area contributed by atoms with E-state index >= 15 is 0 Å². The number of amides is 1. The number of ether oxygens (including phenoxy) is 2. The Hall–Kier alpha value is -2.83. The first-order chi connectivity index (χ1) is 15.8. The number of thiophene rings is 1. The molecule has 0 saturated carbocycles. The van der Waals surface area contributed by atoms with Crippen LogP contribution in [0.3, 0.4) is 0 Å². The van der Waals surface area contributed by atoms with Crippen molar-refractivity contribution in [2.45, 2.75) is 40.5 Å². The van der Waals surface area contributed by atoms with Crippen molar-refractivity contribution in [2.24, 2.45) is 0 Å². The van der Waals surface area contributed by atoms with E-state index in [1.165, 1.54) is 11.3 Å². The van der Waals surface area contributed by atoms with Crippen molar-refractivity contribution in [1.82, 2.24) is 0 Å². The van der Waals surface area contributed by atoms with E-state index in [0.29, 0.717) is 28.6 Å². The summed E-state index contributed by atoms with van der Waals surface area (Å²) in [6, 6.07) is 13.3. The van der Waals surface area contributed by atoms with Gasteiger partial charge < -0.3 is 14.8 Å². The van der Waals surface area contributed by atoms with E-state index < -0.39 is 5.97 Å². The lowest BCUT2D eigenvalue weighted by Gasteiger charge is -2.11. The van der Waals surface area contributed by atoms with Crippen LogP contribution in [-0.2, 0) is 9.53 Å². The van der Waals surface area contributed by atoms with Crippen molar-refractivity contribution in [3.63, 3.8) is 0 Å². The van der Waals surface area contributed by atoms with Gasteiger partial charge in [0, 0.05) is 21.9 Å². The Kier molecular flexibility index (Phi) is 8.53. The van der Waals surface area contributed by atoms with E-state index in [-0.39, 0.29) is 18.9 Å². The molecule has 3 rings (SSSR count). The number of aryl methyl sites for hydroxylation is 3. The summed E-state index contributed by atoms with van der Waals surface area (Å²) in [5.41, 5.74) is 4.17. The molecule has 7 heteroatoms. The summed E-state index contributed by atoms with van der Waals surface area (Å²) in [7, 11) is 0. The summed E-state index contributed by atoms with van der Waals surface area (Å²) in [6.45, 7) is 8.37. The highest BCUT2D eigenvalue weighted by Crippen LogP contribution is 2.40. The predicted octanol–water partition coefficient (Wildman–Crippen LogP) is 6.97. The van der Waals surface area contributed by atoms with Gasteiger partial charge in [0.25, 0.3) is 0 Å². The number of benzene rings is 2. The van der Waals surface area contributed by atoms with Crippen LogP contribution in [0.25, 0.3) is 11.1 Å². The van der Waals surface area contributed by atoms with Crippen molar-refractivity contribution in [3.05, 3.63) is 69.1 Å². The summed E-state index contributed by atoms with van der Waals surface area (Å²) >= 11 is 7.39. The lowest BCUT2D eigenvalue weighted by atomic mass is 10.0. The second-order valence-electron chi connectivity index (χ2n) is 7.73. The third-order valence-corrected chi connectivity index (χ3v) is 6.37. The van der Waals surface area contributed by atoms with Gasteiger partial charge >= 0.3 is 5.97 Å². The molecule has 1 N–H and O–H groups in total. The summed E-state index contributed by atoms with van der Waals surface area (Å²) in [5, 5.41) is 4.02. The summed E-state index contributed by atoms with van der Waals surface area (Å²) in [5.74, 6) is 0.205. The number of rotatable bonds is 9. The maximum atomic E-state index is 12.8. The highest BCUT2D eigenvalue weighted by atomic mass is 35.5. The van der Waals surface area contributed by atoms with E-state index in [0.717, 1.165) is 32.9 Å². The molecule has 0 bridgehead atoms. The van der Waals surface area contributed by atoms with E-state index in [9.17, 15) is 9.59 Å². The number of halogens is 1. The summed E-state index contributed by atoms with van der Waals surface area (Å²) in [6.07, 6.45) is 0.836. The molecule has 1 aromatic heterocycles. The SMILES string of the molecule is CCOC(=O)c1c(NC(=O)CCCOc2cc(C)ccc2C)sc(C)c1-c1ccc(Cl)cc1. The van der Waals surface area contributed by atoms with Gasteiger partial charge in [-0.15, -0.1) is 11.3 Å². The van der Waals surface area contributed by atoms with E-state index in [2.05, 4.69) is 5.32 Å². The Bertz CT molecular complexity index is 1140. The monoisotopic (exact) mass is 485 g/mol. The third-order valence-electron chi connectivity index (χ3n) is 5.10. The zero-order chi connectivity index (χ0) is 24.0. The highest BCUT2D eigenvalue weighted by Gasteiger charge is 2.25. The van der Waals surface area contributed by atoms with Gasteiger partial charge in [0.05, 0.1) is 13.2 Å². The van der Waals surface area contributed by atoms with Crippen molar-refractivity contribution in [1.29, 1.82) is 0 Å². The van der Waals surface area contributed by atoms with Crippen molar-refractivity contribution in [3.8, 4) is 16.9 Å². The lowest BCUT2D eigenvalue weighted by Crippen LogP contribution is -2.15. The molecule has 33 heavy (non-hydrogen) atoms. The molecule has 0 aliphatic heterocycles. The molecule has 0 radical (unpaired) electrons. The number of anilines is 1. The molecule has 0 aliphatic carbocycles. The quantitative estimate of drug-likeness (QED) is 0.262. The number of hydrogen-bond donors (Lipinski definition) is 1. The molecule has 5 nitrogen and oxygen atoms in total. The van der Waals surface area contributed by atoms with Crippen LogP contribution in [0.5, 0.6) is 5.75 Å². The number of esters is 1. The van der Waals surface area contributed by atoms with Gasteiger partial charge in [-0.25, -0.2) is 4.79 Å². The molecule has 1 amide bonds. The molecule has 0 unspecified atom stereocenters. The molecule has 0 aliphatic rings. The standard InChI is InChI=1S/C26H28ClNO4S/c1-5-31-26(30)24-23(19-10-12-20(27)13-11-19)18(4)33-25(24)28-22(29)7-6-14-32-21-15-16(2)8-9-17(21)3/h8-13,15H,5-7,14H2,1-4H3,(H,28,29). The molecule has 0 spiro atoms. The molecule has 1 heterocycles. The van der Waals surface area contributed by atoms with Crippen LogP contribution >= 0.6 is 22.9 Å². The average molecular weight is 486 g/mol. The van der Waals surface area contributed by atoms with Gasteiger partial charge in [-0.1, -0.05) is 35.9 Å². The molecular weight excluding hydrogens is 458 g/mol. The van der Waals surface area contributed by atoms with E-state index in [1.54, 1.807) is 19.1 Å². The minimum Gasteiger partial charge on any atom is -0.493 e. The molecular formula is C26H28ClNO4S. The first-order valence-corrected chi connectivity index (χ1v) is 12.1. The Morgan fingerprint density at radius 3 is 2.48 bits per heavy atom. The topological polar surface area (TPSA) is 64.6 Å². The molecule has 174 valence electrons. The largest absolute Gasteiger partial charge is 0.493 e. The maximum Gasteiger partial charge on any atom is 0.341 e. The Morgan fingerprint density at radius 1 is 1.06 bits per heavy atom. The van der Waals surface area contributed by atoms with Crippen molar-refractivity contribution in [2.75, 3.05) is 18.5 Å². The smallest absolute Gasteiger partial charge is 0.341 e. The van der Waals surface area contributed by atoms with Crippen molar-refractivity contribution < 1.29 is 19.1 Å². The fraction of sp³-hybridized carbons (Fsp3) is 0.308. The Labute approximate surface area is 203 Å². The van der Waals surface area contributed by atoms with Gasteiger partial charge in [-0.2, -0.15) is 0 Å². The molecule has 0 fully saturated rings. The van der Waals surface area contributed by atoms with Crippen LogP contribution in [-0.4, -0.2) is 25.1 Å². The highest BCUT2D eigenvalue weighted by molar-refractivity contribution is 7.17. The second-order valence-corrected chi connectivity index (χ2v) is 9.40. The van der Waals surface area contributed by atoms with Gasteiger partial charge in [-0.3, -0.25) is 4.79 Å². The Morgan fingerprint density at radius 2 is 1.79 bits per heavy atom. The van der Waals surface area contributed by atoms with E-state index in [4.69, 9.17) is 21.1 Å². The fourth-order valence-corrected chi connectivity index (χ4v) is 4.67. The number of carbonyl (C=O) groups excluding carboxylic acids is 2. The van der Waals surface area contributed by atoms with Gasteiger partial charge in [-0.05, 0) is 69.0 Å². The minimum absolute atomic E-state index is 0.172. The average Bonchev–Trinajstić information content (AvgIpc) is 3.09. The van der Waals surface area contributed by atoms with E-state index in [1.807, 2.05) is 51.1 Å². The van der Waals surface area contributed by atoms with Crippen molar-refractivity contribution >= 4 is 39.8 Å². The number of hydrogen-bond acceptors (Lipinski definition) is 5. The predicted molar refractivity (Wildman–Crippen MR) is 135 cm³/mol. The van der Waals surface area contributed by atoms with Crippen LogP contribution in [0.15, 0.2) is 42.5 Å². The molecule has 2 aromatic carbocycles. The van der Waals surface area contributed by atoms with Gasteiger partial charge in [0.15, 0.2) is 0 Å². The van der Waals surface area contributed by atoms with Crippen LogP contribution in [0.2, 0.25) is 5.02 Å². The zero-order valence-electron chi connectivity index (χ0n) is 19.3. The minimum atomic E-state index is -0.458. The first kappa shape index (κ1) is 24.8. The molecule has 0 saturated heterocycles. The maximum absolute atomic E-state index is 12.8. The molecule has 3 aromatic rings. The molecule has 0 atom stereocenters. The first-order valence-electron chi connectivity index (χ1n) is 10.9. The van der Waals surface area contributed by atoms with Crippen LogP contribution < -0.4 is 10.1 Å². The van der Waals surface area contributed by atoms with Crippen LogP contribution in [0.1, 0.15) is 46.1 Å². The van der Waals surface area contributed by atoms with Crippen LogP contribution in [0.4, 0.5) is 5.00 Å². The number of nitrogens with one attached hydrogen (secondary N) is 1. The normalized spacial score (nSPS) is 10.7. The van der Waals surface area contributed by atoms with Gasteiger partial charge in [0.2, 0.25) is 5.91 Å². The second kappa shape index (κ2) is 11.3.